The smallest absolute Gasteiger partial charge is 0.271 e. The third-order valence-corrected chi connectivity index (χ3v) is 9.42. The van der Waals surface area contributed by atoms with Crippen LogP contribution in [0.2, 0.25) is 0 Å². The van der Waals surface area contributed by atoms with E-state index in [9.17, 15) is 14.0 Å². The summed E-state index contributed by atoms with van der Waals surface area (Å²) < 4.78 is 18.6. The third kappa shape index (κ3) is 4.96. The number of fused-ring (bicyclic) bond motifs is 2. The number of thiophene rings is 1. The zero-order valence-corrected chi connectivity index (χ0v) is 24.7. The molecule has 1 aliphatic heterocycles. The molecule has 43 heavy (non-hydrogen) atoms. The molecule has 9 heteroatoms. The first kappa shape index (κ1) is 27.0. The average Bonchev–Trinajstić information content (AvgIpc) is 3.74. The van der Waals surface area contributed by atoms with Crippen molar-refractivity contribution in [1.29, 1.82) is 0 Å². The lowest BCUT2D eigenvalue weighted by Crippen LogP contribution is -2.40. The Balaban J connectivity index is 1.34. The molecule has 1 amide bonds. The molecule has 1 aliphatic rings. The summed E-state index contributed by atoms with van der Waals surface area (Å²) in [6, 6.07) is 27.1. The van der Waals surface area contributed by atoms with Gasteiger partial charge in [0.15, 0.2) is 4.80 Å². The van der Waals surface area contributed by atoms with Crippen molar-refractivity contribution in [3.63, 3.8) is 0 Å². The van der Waals surface area contributed by atoms with Gasteiger partial charge in [0.2, 0.25) is 0 Å². The number of thiazole rings is 1. The van der Waals surface area contributed by atoms with Gasteiger partial charge in [-0.15, -0.1) is 11.3 Å². The molecule has 3 aromatic heterocycles. The van der Waals surface area contributed by atoms with E-state index in [1.807, 2.05) is 102 Å². The zero-order chi connectivity index (χ0) is 29.5. The van der Waals surface area contributed by atoms with Crippen LogP contribution in [0, 0.1) is 5.82 Å². The molecule has 0 aliphatic carbocycles. The molecule has 0 bridgehead atoms. The number of anilines is 1. The first-order valence-electron chi connectivity index (χ1n) is 13.7. The Kier molecular flexibility index (Phi) is 6.96. The van der Waals surface area contributed by atoms with Crippen LogP contribution in [0.15, 0.2) is 124 Å². The maximum absolute atomic E-state index is 14.5. The molecule has 0 fully saturated rings. The van der Waals surface area contributed by atoms with Gasteiger partial charge in [0, 0.05) is 38.8 Å². The van der Waals surface area contributed by atoms with Crippen LogP contribution in [0.5, 0.6) is 0 Å². The second-order valence-corrected chi connectivity index (χ2v) is 12.2. The van der Waals surface area contributed by atoms with Crippen molar-refractivity contribution in [2.75, 3.05) is 5.32 Å². The van der Waals surface area contributed by atoms with Gasteiger partial charge in [-0.25, -0.2) is 9.38 Å². The molecular formula is C34H25FN4O2S2. The van der Waals surface area contributed by atoms with Gasteiger partial charge in [-0.1, -0.05) is 72.0 Å². The first-order valence-corrected chi connectivity index (χ1v) is 15.4. The van der Waals surface area contributed by atoms with E-state index in [2.05, 4.69) is 5.32 Å². The summed E-state index contributed by atoms with van der Waals surface area (Å²) in [5, 5.41) is 5.88. The van der Waals surface area contributed by atoms with Gasteiger partial charge in [0.1, 0.15) is 11.9 Å². The number of rotatable bonds is 6. The van der Waals surface area contributed by atoms with E-state index >= 15 is 0 Å². The minimum atomic E-state index is -0.607. The quantitative estimate of drug-likeness (QED) is 0.251. The van der Waals surface area contributed by atoms with Crippen molar-refractivity contribution < 1.29 is 9.18 Å². The van der Waals surface area contributed by atoms with Crippen LogP contribution < -0.4 is 20.2 Å². The number of aromatic nitrogens is 2. The van der Waals surface area contributed by atoms with Gasteiger partial charge in [0.05, 0.1) is 22.3 Å². The number of amides is 1. The summed E-state index contributed by atoms with van der Waals surface area (Å²) in [4.78, 5) is 33.9. The molecule has 1 N–H and O–H groups in total. The number of carbonyl (C=O) groups is 1. The third-order valence-electron chi connectivity index (χ3n) is 7.52. The van der Waals surface area contributed by atoms with E-state index in [0.29, 0.717) is 38.4 Å². The molecule has 0 spiro atoms. The minimum absolute atomic E-state index is 0.217. The first-order chi connectivity index (χ1) is 21.0. The molecule has 212 valence electrons. The van der Waals surface area contributed by atoms with E-state index in [1.54, 1.807) is 16.7 Å². The predicted molar refractivity (Wildman–Crippen MR) is 171 cm³/mol. The van der Waals surface area contributed by atoms with Gasteiger partial charge in [-0.3, -0.25) is 14.2 Å². The average molecular weight is 605 g/mol. The van der Waals surface area contributed by atoms with Gasteiger partial charge in [-0.05, 0) is 48.7 Å². The fourth-order valence-electron chi connectivity index (χ4n) is 5.52. The summed E-state index contributed by atoms with van der Waals surface area (Å²) in [7, 11) is 0. The Bertz CT molecular complexity index is 2210. The van der Waals surface area contributed by atoms with E-state index in [1.165, 1.54) is 28.7 Å². The number of hydrogen-bond donors (Lipinski definition) is 1. The highest BCUT2D eigenvalue weighted by Gasteiger charge is 2.33. The molecule has 3 aromatic carbocycles. The summed E-state index contributed by atoms with van der Waals surface area (Å²) in [5.41, 5.74) is 3.84. The van der Waals surface area contributed by atoms with Crippen molar-refractivity contribution in [2.24, 2.45) is 4.99 Å². The molecular weight excluding hydrogens is 580 g/mol. The Morgan fingerprint density at radius 2 is 1.77 bits per heavy atom. The number of halogens is 1. The van der Waals surface area contributed by atoms with Crippen molar-refractivity contribution in [1.82, 2.24) is 9.13 Å². The molecule has 4 heterocycles. The topological polar surface area (TPSA) is 68.4 Å². The van der Waals surface area contributed by atoms with Crippen molar-refractivity contribution in [3.8, 4) is 0 Å². The number of carbonyl (C=O) groups excluding carboxylic acids is 1. The molecule has 1 atom stereocenters. The lowest BCUT2D eigenvalue weighted by molar-refractivity contribution is -0.113. The summed E-state index contributed by atoms with van der Waals surface area (Å²) in [6.07, 6.45) is 3.83. The van der Waals surface area contributed by atoms with E-state index < -0.39 is 6.04 Å². The van der Waals surface area contributed by atoms with E-state index in [-0.39, 0.29) is 17.3 Å². The van der Waals surface area contributed by atoms with Crippen LogP contribution in [-0.4, -0.2) is 15.0 Å². The Morgan fingerprint density at radius 1 is 1.00 bits per heavy atom. The van der Waals surface area contributed by atoms with Crippen LogP contribution in [0.25, 0.3) is 17.0 Å². The maximum Gasteiger partial charge on any atom is 0.271 e. The van der Waals surface area contributed by atoms with Gasteiger partial charge in [0.25, 0.3) is 11.5 Å². The SMILES string of the molecule is CC1=C(C(=O)Nc2ccccc2)[C@H](c2cccs2)n2c(sc(=Cc3cn(Cc4ccccc4F)c4ccccc34)c2=O)=N1. The maximum atomic E-state index is 14.5. The van der Waals surface area contributed by atoms with Crippen molar-refractivity contribution in [3.05, 3.63) is 155 Å². The Morgan fingerprint density at radius 3 is 2.56 bits per heavy atom. The minimum Gasteiger partial charge on any atom is -0.342 e. The number of nitrogens with one attached hydrogen (secondary N) is 1. The van der Waals surface area contributed by atoms with Gasteiger partial charge >= 0.3 is 0 Å². The predicted octanol–water partition coefficient (Wildman–Crippen LogP) is 6.08. The molecule has 6 nitrogen and oxygen atoms in total. The number of para-hydroxylation sites is 2. The van der Waals surface area contributed by atoms with Crippen LogP contribution in [0.3, 0.4) is 0 Å². The summed E-state index contributed by atoms with van der Waals surface area (Å²) in [5.74, 6) is -0.553. The normalized spacial score (nSPS) is 15.0. The number of benzene rings is 3. The fourth-order valence-corrected chi connectivity index (χ4v) is 7.38. The highest BCUT2D eigenvalue weighted by Crippen LogP contribution is 2.33. The molecule has 7 rings (SSSR count). The highest BCUT2D eigenvalue weighted by atomic mass is 32.1. The van der Waals surface area contributed by atoms with Crippen molar-refractivity contribution in [2.45, 2.75) is 19.5 Å². The van der Waals surface area contributed by atoms with E-state index in [4.69, 9.17) is 4.99 Å². The Hall–Kier alpha value is -4.86. The van der Waals surface area contributed by atoms with Gasteiger partial charge in [-0.2, -0.15) is 0 Å². The summed E-state index contributed by atoms with van der Waals surface area (Å²) in [6.45, 7) is 2.17. The lowest BCUT2D eigenvalue weighted by atomic mass is 10.0. The molecule has 0 radical (unpaired) electrons. The van der Waals surface area contributed by atoms with Crippen LogP contribution in [0.1, 0.15) is 29.0 Å². The largest absolute Gasteiger partial charge is 0.342 e. The standard InChI is InChI=1S/C34H25FN4O2S2/c1-21-30(32(40)37-24-11-3-2-4-12-24)31(28-16-9-17-42-28)39-33(41)29(43-34(39)36-21)18-23-20-38(27-15-8-6-13-25(23)27)19-22-10-5-7-14-26(22)35/h2-18,20,31H,19H2,1H3,(H,37,40)/t31-/m0/s1. The molecule has 0 saturated carbocycles. The second kappa shape index (κ2) is 11.1. The monoisotopic (exact) mass is 604 g/mol. The fraction of sp³-hybridized carbons (Fsp3) is 0.0882. The van der Waals surface area contributed by atoms with Crippen LogP contribution in [0.4, 0.5) is 10.1 Å². The Labute approximate surface area is 254 Å². The lowest BCUT2D eigenvalue weighted by Gasteiger charge is -2.24. The van der Waals surface area contributed by atoms with Crippen LogP contribution in [-0.2, 0) is 11.3 Å². The second-order valence-electron chi connectivity index (χ2n) is 10.2. The number of nitrogens with zero attached hydrogens (tertiary/aromatic N) is 3. The van der Waals surface area contributed by atoms with Crippen LogP contribution >= 0.6 is 22.7 Å². The summed E-state index contributed by atoms with van der Waals surface area (Å²) >= 11 is 2.80. The highest BCUT2D eigenvalue weighted by molar-refractivity contribution is 7.10. The zero-order valence-electron chi connectivity index (χ0n) is 23.0. The molecule has 0 saturated heterocycles. The molecule has 0 unspecified atom stereocenters. The van der Waals surface area contributed by atoms with Gasteiger partial charge < -0.3 is 9.88 Å². The molecule has 6 aromatic rings. The van der Waals surface area contributed by atoms with Crippen molar-refractivity contribution >= 4 is 51.2 Å². The number of allylic oxidation sites excluding steroid dienone is 1. The van der Waals surface area contributed by atoms with E-state index in [0.717, 1.165) is 21.3 Å². The number of hydrogen-bond acceptors (Lipinski definition) is 5.